The highest BCUT2D eigenvalue weighted by molar-refractivity contribution is 9.10. The first-order valence-corrected chi connectivity index (χ1v) is 4.22. The number of aryl methyl sites for hydroxylation is 1. The van der Waals surface area contributed by atoms with E-state index in [-0.39, 0.29) is 6.42 Å². The first-order valence-electron chi connectivity index (χ1n) is 3.43. The molecule has 0 unspecified atom stereocenters. The van der Waals surface area contributed by atoms with Crippen LogP contribution in [-0.4, -0.2) is 16.1 Å². The molecule has 1 heterocycles. The second-order valence-corrected chi connectivity index (χ2v) is 3.22. The Hall–Kier alpha value is -0.900. The van der Waals surface area contributed by atoms with E-state index in [2.05, 4.69) is 20.9 Å². The average molecular weight is 230 g/mol. The van der Waals surface area contributed by atoms with E-state index < -0.39 is 5.97 Å². The second kappa shape index (κ2) is 3.67. The number of aromatic nitrogens is 1. The van der Waals surface area contributed by atoms with Gasteiger partial charge in [-0.15, -0.1) is 0 Å². The molecular formula is C8H8BrNO2. The Morgan fingerprint density at radius 1 is 1.75 bits per heavy atom. The van der Waals surface area contributed by atoms with Crippen molar-refractivity contribution in [2.45, 2.75) is 13.3 Å². The van der Waals surface area contributed by atoms with E-state index in [1.807, 2.05) is 6.92 Å². The molecule has 0 aromatic carbocycles. The third-order valence-electron chi connectivity index (χ3n) is 1.57. The highest BCUT2D eigenvalue weighted by Crippen LogP contribution is 2.17. The molecule has 1 aromatic heterocycles. The maximum atomic E-state index is 10.4. The Morgan fingerprint density at radius 3 is 2.92 bits per heavy atom. The molecule has 4 heteroatoms. The molecule has 0 saturated heterocycles. The van der Waals surface area contributed by atoms with Gasteiger partial charge in [0.15, 0.2) is 0 Å². The van der Waals surface area contributed by atoms with Crippen molar-refractivity contribution in [3.63, 3.8) is 0 Å². The van der Waals surface area contributed by atoms with Crippen molar-refractivity contribution < 1.29 is 9.90 Å². The van der Waals surface area contributed by atoms with Gasteiger partial charge in [-0.25, -0.2) is 4.98 Å². The molecule has 0 bridgehead atoms. The minimum absolute atomic E-state index is 0.0141. The molecule has 0 aliphatic carbocycles. The maximum Gasteiger partial charge on any atom is 0.307 e. The number of aliphatic carboxylic acids is 1. The minimum Gasteiger partial charge on any atom is -0.481 e. The molecule has 12 heavy (non-hydrogen) atoms. The molecule has 1 N–H and O–H groups in total. The number of rotatable bonds is 2. The number of carbonyl (C=O) groups is 1. The molecule has 0 aliphatic heterocycles. The monoisotopic (exact) mass is 229 g/mol. The van der Waals surface area contributed by atoms with Crippen molar-refractivity contribution in [1.29, 1.82) is 0 Å². The van der Waals surface area contributed by atoms with Crippen molar-refractivity contribution in [3.05, 3.63) is 28.0 Å². The van der Waals surface area contributed by atoms with Gasteiger partial charge in [-0.2, -0.15) is 0 Å². The van der Waals surface area contributed by atoms with Crippen LogP contribution < -0.4 is 0 Å². The van der Waals surface area contributed by atoms with Gasteiger partial charge in [-0.3, -0.25) is 4.79 Å². The summed E-state index contributed by atoms with van der Waals surface area (Å²) in [4.78, 5) is 14.4. The van der Waals surface area contributed by atoms with Crippen LogP contribution in [0.2, 0.25) is 0 Å². The summed E-state index contributed by atoms with van der Waals surface area (Å²) in [5, 5.41) is 8.57. The van der Waals surface area contributed by atoms with Crippen molar-refractivity contribution in [2.24, 2.45) is 0 Å². The lowest BCUT2D eigenvalue weighted by Gasteiger charge is -2.03. The molecule has 3 nitrogen and oxygen atoms in total. The topological polar surface area (TPSA) is 50.2 Å². The van der Waals surface area contributed by atoms with Gasteiger partial charge in [0.2, 0.25) is 0 Å². The van der Waals surface area contributed by atoms with E-state index >= 15 is 0 Å². The SMILES string of the molecule is Cc1ccnc(Br)c1CC(=O)O. The Morgan fingerprint density at radius 2 is 2.42 bits per heavy atom. The normalized spacial score (nSPS) is 9.83. The van der Waals surface area contributed by atoms with Crippen LogP contribution in [-0.2, 0) is 11.2 Å². The molecule has 0 saturated carbocycles. The summed E-state index contributed by atoms with van der Waals surface area (Å²) in [6.07, 6.45) is 1.66. The van der Waals surface area contributed by atoms with Crippen LogP contribution in [0.5, 0.6) is 0 Å². The highest BCUT2D eigenvalue weighted by Gasteiger charge is 2.07. The Balaban J connectivity index is 3.04. The Labute approximate surface area is 78.6 Å². The summed E-state index contributed by atoms with van der Waals surface area (Å²) >= 11 is 3.20. The molecule has 64 valence electrons. The van der Waals surface area contributed by atoms with Gasteiger partial charge in [-0.05, 0) is 40.0 Å². The average Bonchev–Trinajstić information content (AvgIpc) is 1.97. The highest BCUT2D eigenvalue weighted by atomic mass is 79.9. The molecule has 0 spiro atoms. The zero-order valence-electron chi connectivity index (χ0n) is 6.54. The lowest BCUT2D eigenvalue weighted by molar-refractivity contribution is -0.136. The van der Waals surface area contributed by atoms with Gasteiger partial charge >= 0.3 is 5.97 Å². The van der Waals surface area contributed by atoms with E-state index in [1.165, 1.54) is 0 Å². The summed E-state index contributed by atoms with van der Waals surface area (Å²) < 4.78 is 0.616. The third kappa shape index (κ3) is 2.04. The summed E-state index contributed by atoms with van der Waals surface area (Å²) in [5.41, 5.74) is 1.68. The Bertz CT molecular complexity index is 292. The summed E-state index contributed by atoms with van der Waals surface area (Å²) in [6, 6.07) is 1.79. The molecule has 0 fully saturated rings. The number of hydrogen-bond donors (Lipinski definition) is 1. The lowest BCUT2D eigenvalue weighted by atomic mass is 10.1. The molecule has 1 rings (SSSR count). The fraction of sp³-hybridized carbons (Fsp3) is 0.250. The van der Waals surface area contributed by atoms with Crippen LogP contribution in [0.1, 0.15) is 11.1 Å². The summed E-state index contributed by atoms with van der Waals surface area (Å²) in [6.45, 7) is 1.87. The fourth-order valence-electron chi connectivity index (χ4n) is 0.919. The van der Waals surface area contributed by atoms with Crippen LogP contribution in [0.25, 0.3) is 0 Å². The van der Waals surface area contributed by atoms with Crippen LogP contribution >= 0.6 is 15.9 Å². The lowest BCUT2D eigenvalue weighted by Crippen LogP contribution is -2.03. The predicted octanol–water partition coefficient (Wildman–Crippen LogP) is 1.78. The number of pyridine rings is 1. The van der Waals surface area contributed by atoms with Crippen LogP contribution in [0, 0.1) is 6.92 Å². The molecule has 0 radical (unpaired) electrons. The second-order valence-electron chi connectivity index (χ2n) is 2.47. The number of halogens is 1. The van der Waals surface area contributed by atoms with Gasteiger partial charge in [-0.1, -0.05) is 0 Å². The molecule has 0 atom stereocenters. The predicted molar refractivity (Wildman–Crippen MR) is 48.0 cm³/mol. The van der Waals surface area contributed by atoms with E-state index in [1.54, 1.807) is 12.3 Å². The standard InChI is InChI=1S/C8H8BrNO2/c1-5-2-3-10-8(9)6(5)4-7(11)12/h2-3H,4H2,1H3,(H,11,12). The van der Waals surface area contributed by atoms with E-state index in [9.17, 15) is 4.79 Å². The molecule has 0 amide bonds. The summed E-state index contributed by atoms with van der Waals surface area (Å²) in [7, 11) is 0. The number of carboxylic acids is 1. The molecule has 1 aromatic rings. The smallest absolute Gasteiger partial charge is 0.307 e. The van der Waals surface area contributed by atoms with Crippen molar-refractivity contribution in [1.82, 2.24) is 4.98 Å². The van der Waals surface area contributed by atoms with Gasteiger partial charge in [0.1, 0.15) is 4.60 Å². The van der Waals surface area contributed by atoms with Crippen molar-refractivity contribution >= 4 is 21.9 Å². The van der Waals surface area contributed by atoms with Crippen molar-refractivity contribution in [2.75, 3.05) is 0 Å². The molecule has 0 aliphatic rings. The number of hydrogen-bond acceptors (Lipinski definition) is 2. The minimum atomic E-state index is -0.841. The van der Waals surface area contributed by atoms with Gasteiger partial charge < -0.3 is 5.11 Å². The quantitative estimate of drug-likeness (QED) is 0.787. The van der Waals surface area contributed by atoms with Gasteiger partial charge in [0.25, 0.3) is 0 Å². The Kier molecular flexibility index (Phi) is 2.81. The largest absolute Gasteiger partial charge is 0.481 e. The first-order chi connectivity index (χ1) is 5.61. The van der Waals surface area contributed by atoms with Gasteiger partial charge in [0.05, 0.1) is 6.42 Å². The van der Waals surface area contributed by atoms with Crippen LogP contribution in [0.15, 0.2) is 16.9 Å². The number of carboxylic acid groups (broad SMARTS) is 1. The van der Waals surface area contributed by atoms with E-state index in [4.69, 9.17) is 5.11 Å². The van der Waals surface area contributed by atoms with Crippen LogP contribution in [0.3, 0.4) is 0 Å². The van der Waals surface area contributed by atoms with E-state index in [0.717, 1.165) is 11.1 Å². The zero-order valence-corrected chi connectivity index (χ0v) is 8.13. The van der Waals surface area contributed by atoms with Crippen molar-refractivity contribution in [3.8, 4) is 0 Å². The first kappa shape index (κ1) is 9.19. The van der Waals surface area contributed by atoms with Crippen LogP contribution in [0.4, 0.5) is 0 Å². The van der Waals surface area contributed by atoms with Gasteiger partial charge in [0, 0.05) is 6.20 Å². The zero-order chi connectivity index (χ0) is 9.14. The summed E-state index contributed by atoms with van der Waals surface area (Å²) in [5.74, 6) is -0.841. The fourth-order valence-corrected chi connectivity index (χ4v) is 1.49. The number of nitrogens with zero attached hydrogens (tertiary/aromatic N) is 1. The maximum absolute atomic E-state index is 10.4. The van der Waals surface area contributed by atoms with E-state index in [0.29, 0.717) is 4.60 Å². The third-order valence-corrected chi connectivity index (χ3v) is 2.25. The molecular weight excluding hydrogens is 222 g/mol.